The van der Waals surface area contributed by atoms with Gasteiger partial charge in [-0.15, -0.1) is 21.8 Å². The summed E-state index contributed by atoms with van der Waals surface area (Å²) < 4.78 is 3.58. The van der Waals surface area contributed by atoms with Gasteiger partial charge in [0, 0.05) is 7.05 Å². The molecule has 62 heavy (non-hydrogen) atoms. The largest absolute Gasteiger partial charge is 0.384 e. The molecule has 6 aromatic carbocycles. The number of nitrogen functional groups attached to an aromatic ring is 1. The van der Waals surface area contributed by atoms with Crippen LogP contribution in [0.5, 0.6) is 0 Å². The topological polar surface area (TPSA) is 136 Å². The lowest BCUT2D eigenvalue weighted by Crippen LogP contribution is -2.38. The zero-order valence-corrected chi connectivity index (χ0v) is 37.2. The van der Waals surface area contributed by atoms with E-state index in [9.17, 15) is 0 Å². The molecule has 0 saturated carbocycles. The van der Waals surface area contributed by atoms with Gasteiger partial charge >= 0.3 is 0 Å². The zero-order valence-electron chi connectivity index (χ0n) is 33.3. The Bertz CT molecular complexity index is 2800. The molecule has 0 bridgehead atoms. The number of halogens is 3. The smallest absolute Gasteiger partial charge is 0.204 e. The molecule has 0 unspecified atom stereocenters. The Labute approximate surface area is 380 Å². The third-order valence-corrected chi connectivity index (χ3v) is 12.2. The number of hydrogen-bond donors (Lipinski definition) is 3. The van der Waals surface area contributed by atoms with Gasteiger partial charge in [0.15, 0.2) is 5.65 Å². The number of benzene rings is 6. The van der Waals surface area contributed by atoms with E-state index in [0.717, 1.165) is 48.1 Å². The van der Waals surface area contributed by atoms with Crippen LogP contribution in [0.25, 0.3) is 22.3 Å². The first-order valence-electron chi connectivity index (χ1n) is 19.6. The van der Waals surface area contributed by atoms with Crippen molar-refractivity contribution in [3.63, 3.8) is 0 Å². The number of nitrogens with two attached hydrogens (primary N) is 1. The molecule has 0 aliphatic rings. The maximum Gasteiger partial charge on any atom is 0.204 e. The Morgan fingerprint density at radius 2 is 0.952 bits per heavy atom. The van der Waals surface area contributed by atoms with Crippen LogP contribution < -0.4 is 11.1 Å². The molecule has 0 aliphatic heterocycles. The van der Waals surface area contributed by atoms with E-state index in [4.69, 9.17) is 22.3 Å². The number of H-pyrrole nitrogens is 1. The first-order chi connectivity index (χ1) is 30.3. The molecule has 306 valence electrons. The summed E-state index contributed by atoms with van der Waals surface area (Å²) in [7, 11) is 1.85. The number of nitrogens with one attached hydrogen (secondary N) is 2. The molecule has 13 heteroatoms. The van der Waals surface area contributed by atoms with Crippen molar-refractivity contribution in [2.45, 2.75) is 10.4 Å². The number of aromatic nitrogens is 8. The molecule has 0 saturated heterocycles. The van der Waals surface area contributed by atoms with Crippen LogP contribution in [0.3, 0.4) is 0 Å². The van der Waals surface area contributed by atoms with Gasteiger partial charge in [0.2, 0.25) is 5.65 Å². The maximum absolute atomic E-state index is 7.12. The Morgan fingerprint density at radius 3 is 1.37 bits per heavy atom. The molecule has 0 aliphatic carbocycles. The number of nitrogens with zero attached hydrogens (tertiary/aromatic N) is 7. The van der Waals surface area contributed by atoms with Gasteiger partial charge in [0.1, 0.15) is 33.1 Å². The van der Waals surface area contributed by atoms with Crippen LogP contribution in [-0.4, -0.2) is 47.4 Å². The van der Waals surface area contributed by atoms with Crippen molar-refractivity contribution in [3.05, 3.63) is 236 Å². The molecule has 4 N–H and O–H groups in total. The first-order valence-corrected chi connectivity index (χ1v) is 21.5. The fourth-order valence-corrected chi connectivity index (χ4v) is 8.80. The van der Waals surface area contributed by atoms with E-state index in [0.29, 0.717) is 28.1 Å². The summed E-state index contributed by atoms with van der Waals surface area (Å²) in [6.45, 7) is 0. The number of alkyl halides is 1. The molecule has 0 radical (unpaired) electrons. The third kappa shape index (κ3) is 8.32. The summed E-state index contributed by atoms with van der Waals surface area (Å²) in [4.78, 5) is 8.14. The number of fused-ring (bicyclic) bond motifs is 2. The number of pyridine rings is 2. The number of anilines is 2. The van der Waals surface area contributed by atoms with Crippen LogP contribution in [0, 0.1) is 0 Å². The number of hydrogen-bond acceptors (Lipinski definition) is 8. The average molecular weight is 963 g/mol. The minimum Gasteiger partial charge on any atom is -0.384 e. The van der Waals surface area contributed by atoms with Gasteiger partial charge in [0.05, 0.1) is 8.95 Å². The minimum atomic E-state index is -0.753. The van der Waals surface area contributed by atoms with Crippen LogP contribution in [0.1, 0.15) is 33.4 Å². The summed E-state index contributed by atoms with van der Waals surface area (Å²) >= 11 is 14.0. The summed E-state index contributed by atoms with van der Waals surface area (Å²) in [6, 6.07) is 65.4. The summed E-state index contributed by atoms with van der Waals surface area (Å²) in [5, 5.41) is 22.4. The number of rotatable bonds is 8. The van der Waals surface area contributed by atoms with Gasteiger partial charge in [-0.05, 0) is 77.4 Å². The standard InChI is InChI=1S/C25H20BrN5.C19H15Cl.C5H4BrN5/c1-27-22-17-21(26)23-24(28-22)31(30-29-23)25(18-11-5-2-6-12-18,19-13-7-3-8-14-19)20-15-9-4-10-16-20;20-19(16-10-4-1-5-11-16,17-12-6-2-7-13-17)18-14-8-3-9-15-18;6-2-1-3(7)8-5-4(2)9-11-10-5/h2-17H,1H3,(H,27,28);1-15H;1H,(H3,7,8,9,10,11). The van der Waals surface area contributed by atoms with Gasteiger partial charge in [-0.2, -0.15) is 10.3 Å². The van der Waals surface area contributed by atoms with Crippen LogP contribution in [0.2, 0.25) is 0 Å². The highest BCUT2D eigenvalue weighted by Crippen LogP contribution is 2.44. The van der Waals surface area contributed by atoms with Gasteiger partial charge in [0.25, 0.3) is 0 Å². The van der Waals surface area contributed by atoms with Crippen molar-refractivity contribution in [1.82, 2.24) is 40.4 Å². The molecule has 0 atom stereocenters. The van der Waals surface area contributed by atoms with Crippen molar-refractivity contribution in [2.75, 3.05) is 18.1 Å². The Hall–Kier alpha value is -6.73. The maximum atomic E-state index is 7.12. The van der Waals surface area contributed by atoms with Crippen molar-refractivity contribution >= 4 is 77.4 Å². The van der Waals surface area contributed by atoms with Crippen LogP contribution >= 0.6 is 43.5 Å². The molecule has 10 rings (SSSR count). The molecule has 10 nitrogen and oxygen atoms in total. The average Bonchev–Trinajstić information content (AvgIpc) is 4.00. The summed E-state index contributed by atoms with van der Waals surface area (Å²) in [5.41, 5.74) is 13.8. The second-order valence-electron chi connectivity index (χ2n) is 14.0. The molecule has 4 heterocycles. The minimum absolute atomic E-state index is 0.429. The number of aromatic amines is 1. The highest BCUT2D eigenvalue weighted by Gasteiger charge is 2.41. The first kappa shape index (κ1) is 42.0. The van der Waals surface area contributed by atoms with Crippen LogP contribution in [0.4, 0.5) is 11.6 Å². The van der Waals surface area contributed by atoms with Gasteiger partial charge in [-0.1, -0.05) is 187 Å². The lowest BCUT2D eigenvalue weighted by atomic mass is 9.77. The summed E-state index contributed by atoms with van der Waals surface area (Å²) in [5.74, 6) is 1.17. The molecule has 0 amide bonds. The van der Waals surface area contributed by atoms with Crippen LogP contribution in [0.15, 0.2) is 203 Å². The van der Waals surface area contributed by atoms with E-state index in [1.54, 1.807) is 6.07 Å². The lowest BCUT2D eigenvalue weighted by molar-refractivity contribution is 0.458. The predicted molar refractivity (Wildman–Crippen MR) is 256 cm³/mol. The zero-order chi connectivity index (χ0) is 42.9. The van der Waals surface area contributed by atoms with E-state index in [1.165, 1.54) is 0 Å². The molecule has 4 aromatic heterocycles. The summed E-state index contributed by atoms with van der Waals surface area (Å²) in [6.07, 6.45) is 0. The quantitative estimate of drug-likeness (QED) is 0.101. The third-order valence-electron chi connectivity index (χ3n) is 10.3. The predicted octanol–water partition coefficient (Wildman–Crippen LogP) is 11.4. The van der Waals surface area contributed by atoms with E-state index >= 15 is 0 Å². The van der Waals surface area contributed by atoms with Crippen molar-refractivity contribution < 1.29 is 0 Å². The van der Waals surface area contributed by atoms with E-state index in [-0.39, 0.29) is 0 Å². The van der Waals surface area contributed by atoms with Crippen LogP contribution in [-0.2, 0) is 10.4 Å². The Kier molecular flexibility index (Phi) is 12.8. The molecular weight excluding hydrogens is 924 g/mol. The SMILES string of the molecule is CNc1cc(Br)c2nnn(C(c3ccccc3)(c3ccccc3)c3ccccc3)c2n1.ClC(c1ccccc1)(c1ccccc1)c1ccccc1.Nc1cc(Br)c2n[nH]nc2n1. The molecule has 0 spiro atoms. The van der Waals surface area contributed by atoms with Gasteiger partial charge in [-0.3, -0.25) is 0 Å². The Morgan fingerprint density at radius 1 is 0.548 bits per heavy atom. The monoisotopic (exact) mass is 960 g/mol. The molecule has 10 aromatic rings. The molecule has 0 fully saturated rings. The fraction of sp³-hybridized carbons (Fsp3) is 0.0612. The van der Waals surface area contributed by atoms with E-state index in [1.807, 2.05) is 90.6 Å². The van der Waals surface area contributed by atoms with E-state index < -0.39 is 10.4 Å². The normalized spacial score (nSPS) is 11.3. The second kappa shape index (κ2) is 18.9. The van der Waals surface area contributed by atoms with Gasteiger partial charge in [-0.25, -0.2) is 14.6 Å². The van der Waals surface area contributed by atoms with Crippen molar-refractivity contribution in [3.8, 4) is 0 Å². The van der Waals surface area contributed by atoms with Gasteiger partial charge < -0.3 is 11.1 Å². The Balaban J connectivity index is 0.000000145. The van der Waals surface area contributed by atoms with E-state index in [2.05, 4.69) is 177 Å². The lowest BCUT2D eigenvalue weighted by Gasteiger charge is -2.35. The highest BCUT2D eigenvalue weighted by molar-refractivity contribution is 9.11. The van der Waals surface area contributed by atoms with Crippen molar-refractivity contribution in [2.24, 2.45) is 0 Å². The highest BCUT2D eigenvalue weighted by atomic mass is 79.9. The molecular formula is C49H39Br2ClN10. The van der Waals surface area contributed by atoms with Crippen molar-refractivity contribution in [1.29, 1.82) is 0 Å². The second-order valence-corrected chi connectivity index (χ2v) is 16.3. The fourth-order valence-electron chi connectivity index (χ4n) is 7.45.